The molecule has 5 heteroatoms. The summed E-state index contributed by atoms with van der Waals surface area (Å²) in [5, 5.41) is 16.1. The lowest BCUT2D eigenvalue weighted by Crippen LogP contribution is -2.17. The maximum absolute atomic E-state index is 11.8. The topological polar surface area (TPSA) is 72.3 Å². The van der Waals surface area contributed by atoms with Crippen molar-refractivity contribution in [3.05, 3.63) is 138 Å². The van der Waals surface area contributed by atoms with Gasteiger partial charge < -0.3 is 13.9 Å². The lowest BCUT2D eigenvalue weighted by molar-refractivity contribution is 0.444. The van der Waals surface area contributed by atoms with Gasteiger partial charge in [0.15, 0.2) is 5.58 Å². The van der Waals surface area contributed by atoms with E-state index < -0.39 is 0 Å². The molecular weight excluding hydrogens is 725 g/mol. The highest BCUT2D eigenvalue weighted by molar-refractivity contribution is 6.19. The van der Waals surface area contributed by atoms with E-state index in [2.05, 4.69) is 160 Å². The summed E-state index contributed by atoms with van der Waals surface area (Å²) in [6, 6.07) is 38.4. The zero-order valence-corrected chi connectivity index (χ0v) is 35.8. The van der Waals surface area contributed by atoms with Crippen LogP contribution in [-0.4, -0.2) is 15.1 Å². The molecule has 3 heterocycles. The lowest BCUT2D eigenvalue weighted by atomic mass is 9.79. The quantitative estimate of drug-likeness (QED) is 0.182. The van der Waals surface area contributed by atoms with Gasteiger partial charge >= 0.3 is 0 Å². The van der Waals surface area contributed by atoms with Gasteiger partial charge in [0.05, 0.1) is 11.3 Å². The van der Waals surface area contributed by atoms with Crippen molar-refractivity contribution in [1.29, 1.82) is 0 Å². The SMILES string of the molecule is CC(C)c1cccc(C(C)C)c1-c1ccnc(-c2cc(-c3cccc4oc(-c5cc(C(C)(C)C)cc(C(C)(C)C)c5O)nc34)c3oc4c5ccccc5ccc4c3c2)c1. The highest BCUT2D eigenvalue weighted by atomic mass is 16.4. The third-order valence-electron chi connectivity index (χ3n) is 11.9. The number of phenolic OH excluding ortho intramolecular Hbond substituents is 1. The van der Waals surface area contributed by atoms with Crippen molar-refractivity contribution in [2.24, 2.45) is 0 Å². The van der Waals surface area contributed by atoms with Crippen molar-refractivity contribution in [3.63, 3.8) is 0 Å². The number of pyridine rings is 1. The minimum absolute atomic E-state index is 0.157. The second-order valence-electron chi connectivity index (χ2n) is 18.8. The fourth-order valence-electron chi connectivity index (χ4n) is 8.67. The van der Waals surface area contributed by atoms with Crippen LogP contribution in [0, 0.1) is 0 Å². The Balaban J connectivity index is 1.31. The largest absolute Gasteiger partial charge is 0.507 e. The van der Waals surface area contributed by atoms with Gasteiger partial charge in [-0.1, -0.05) is 136 Å². The molecule has 0 saturated heterocycles. The molecule has 296 valence electrons. The Labute approximate surface area is 346 Å². The van der Waals surface area contributed by atoms with E-state index in [4.69, 9.17) is 18.8 Å². The number of nitrogens with zero attached hydrogens (tertiary/aromatic N) is 2. The molecule has 0 spiro atoms. The summed E-state index contributed by atoms with van der Waals surface area (Å²) in [7, 11) is 0. The van der Waals surface area contributed by atoms with Gasteiger partial charge in [0.2, 0.25) is 5.89 Å². The molecule has 9 aromatic rings. The molecule has 0 unspecified atom stereocenters. The normalized spacial score (nSPS) is 12.6. The minimum Gasteiger partial charge on any atom is -0.507 e. The van der Waals surface area contributed by atoms with E-state index in [1.54, 1.807) is 0 Å². The van der Waals surface area contributed by atoms with Crippen LogP contribution in [0.1, 0.15) is 103 Å². The summed E-state index contributed by atoms with van der Waals surface area (Å²) < 4.78 is 13.6. The number of hydrogen-bond donors (Lipinski definition) is 1. The van der Waals surface area contributed by atoms with E-state index >= 15 is 0 Å². The van der Waals surface area contributed by atoms with Crippen LogP contribution >= 0.6 is 0 Å². The van der Waals surface area contributed by atoms with Crippen LogP contribution in [0.2, 0.25) is 0 Å². The number of phenols is 1. The van der Waals surface area contributed by atoms with Crippen molar-refractivity contribution >= 4 is 43.8 Å². The molecule has 0 amide bonds. The van der Waals surface area contributed by atoms with Gasteiger partial charge in [0, 0.05) is 44.6 Å². The van der Waals surface area contributed by atoms with Crippen molar-refractivity contribution in [3.8, 4) is 50.7 Å². The van der Waals surface area contributed by atoms with Crippen molar-refractivity contribution in [2.45, 2.75) is 91.9 Å². The van der Waals surface area contributed by atoms with Crippen molar-refractivity contribution in [1.82, 2.24) is 9.97 Å². The number of rotatable bonds is 6. The Kier molecular flexibility index (Phi) is 9.08. The molecule has 59 heavy (non-hydrogen) atoms. The fourth-order valence-corrected chi connectivity index (χ4v) is 8.67. The predicted molar refractivity (Wildman–Crippen MR) is 246 cm³/mol. The first-order valence-electron chi connectivity index (χ1n) is 20.8. The van der Waals surface area contributed by atoms with Gasteiger partial charge in [-0.15, -0.1) is 0 Å². The molecule has 0 aliphatic heterocycles. The highest BCUT2D eigenvalue weighted by Crippen LogP contribution is 2.46. The van der Waals surface area contributed by atoms with E-state index in [9.17, 15) is 5.11 Å². The van der Waals surface area contributed by atoms with E-state index in [0.717, 1.165) is 71.8 Å². The second-order valence-corrected chi connectivity index (χ2v) is 18.8. The zero-order chi connectivity index (χ0) is 41.5. The number of aromatic hydroxyl groups is 1. The monoisotopic (exact) mass is 776 g/mol. The first-order chi connectivity index (χ1) is 28.1. The lowest BCUT2D eigenvalue weighted by Gasteiger charge is -2.27. The van der Waals surface area contributed by atoms with E-state index in [1.165, 1.54) is 16.7 Å². The van der Waals surface area contributed by atoms with Crippen LogP contribution < -0.4 is 0 Å². The summed E-state index contributed by atoms with van der Waals surface area (Å²) in [6.07, 6.45) is 1.94. The molecule has 9 rings (SSSR count). The zero-order valence-electron chi connectivity index (χ0n) is 35.8. The molecule has 5 nitrogen and oxygen atoms in total. The van der Waals surface area contributed by atoms with Gasteiger partial charge in [0.1, 0.15) is 22.4 Å². The van der Waals surface area contributed by atoms with Gasteiger partial charge in [-0.2, -0.15) is 0 Å². The predicted octanol–water partition coefficient (Wildman–Crippen LogP) is 15.5. The molecule has 6 aromatic carbocycles. The van der Waals surface area contributed by atoms with Gasteiger partial charge in [-0.3, -0.25) is 4.98 Å². The summed E-state index contributed by atoms with van der Waals surface area (Å²) in [4.78, 5) is 10.2. The van der Waals surface area contributed by atoms with Crippen molar-refractivity contribution in [2.75, 3.05) is 0 Å². The average Bonchev–Trinajstić information content (AvgIpc) is 3.82. The molecule has 3 aromatic heterocycles. The van der Waals surface area contributed by atoms with Crippen molar-refractivity contribution < 1.29 is 13.9 Å². The number of benzene rings is 6. The number of hydrogen-bond acceptors (Lipinski definition) is 5. The van der Waals surface area contributed by atoms with Crippen LogP contribution in [0.5, 0.6) is 5.75 Å². The number of aromatic nitrogens is 2. The number of fused-ring (bicyclic) bond motifs is 6. The number of oxazole rings is 1. The van der Waals surface area contributed by atoms with Crippen LogP contribution in [0.25, 0.3) is 88.8 Å². The standard InChI is InChI=1S/C54H52N2O3/c1-30(2)36-17-13-18-37(31(3)4)47(36)33-23-24-55-45(27-33)34-25-41(51-42(26-34)40-22-21-32-15-11-12-16-38(32)50(40)59-51)39-19-14-20-46-48(39)56-52(58-46)43-28-35(53(5,6)7)29-44(49(43)57)54(8,9)10/h11-31,57H,1-10H3. The van der Waals surface area contributed by atoms with E-state index in [-0.39, 0.29) is 16.6 Å². The average molecular weight is 777 g/mol. The maximum atomic E-state index is 11.8. The molecule has 0 atom stereocenters. The third kappa shape index (κ3) is 6.57. The summed E-state index contributed by atoms with van der Waals surface area (Å²) >= 11 is 0. The van der Waals surface area contributed by atoms with E-state index in [1.807, 2.05) is 24.4 Å². The van der Waals surface area contributed by atoms with Crippen LogP contribution in [-0.2, 0) is 10.8 Å². The number of para-hydroxylation sites is 1. The molecular formula is C54H52N2O3. The molecule has 0 saturated carbocycles. The Morgan fingerprint density at radius 3 is 2.02 bits per heavy atom. The summed E-state index contributed by atoms with van der Waals surface area (Å²) in [5.74, 6) is 1.30. The van der Waals surface area contributed by atoms with Crippen LogP contribution in [0.15, 0.2) is 124 Å². The van der Waals surface area contributed by atoms with Crippen LogP contribution in [0.4, 0.5) is 0 Å². The summed E-state index contributed by atoms with van der Waals surface area (Å²) in [5.41, 5.74) is 13.8. The third-order valence-corrected chi connectivity index (χ3v) is 11.9. The Morgan fingerprint density at radius 1 is 0.576 bits per heavy atom. The molecule has 0 bridgehead atoms. The smallest absolute Gasteiger partial charge is 0.231 e. The summed E-state index contributed by atoms with van der Waals surface area (Å²) in [6.45, 7) is 22.0. The minimum atomic E-state index is -0.298. The van der Waals surface area contributed by atoms with Gasteiger partial charge in [0.25, 0.3) is 0 Å². The second kappa shape index (κ2) is 14.0. The molecule has 0 radical (unpaired) electrons. The molecule has 0 aliphatic rings. The van der Waals surface area contributed by atoms with Gasteiger partial charge in [-0.05, 0) is 98.3 Å². The van der Waals surface area contributed by atoms with Gasteiger partial charge in [-0.25, -0.2) is 4.98 Å². The number of furan rings is 1. The maximum Gasteiger partial charge on any atom is 0.231 e. The van der Waals surface area contributed by atoms with Crippen LogP contribution in [0.3, 0.4) is 0 Å². The molecule has 0 fully saturated rings. The van der Waals surface area contributed by atoms with E-state index in [0.29, 0.717) is 34.4 Å². The highest BCUT2D eigenvalue weighted by Gasteiger charge is 2.28. The molecule has 0 aliphatic carbocycles. The Morgan fingerprint density at radius 2 is 1.31 bits per heavy atom. The Hall–Kier alpha value is -6.20. The fraction of sp³-hybridized carbons (Fsp3) is 0.259. The molecule has 1 N–H and O–H groups in total. The first-order valence-corrected chi connectivity index (χ1v) is 20.8. The Bertz CT molecular complexity index is 3060. The first kappa shape index (κ1) is 38.3.